The first-order valence-electron chi connectivity index (χ1n) is 11.0. The molecule has 0 saturated carbocycles. The first-order valence-corrected chi connectivity index (χ1v) is 11.0. The highest BCUT2D eigenvalue weighted by atomic mass is 19.4. The molecule has 0 bridgehead atoms. The molecule has 0 aliphatic carbocycles. The number of likely N-dealkylation sites (tertiary alicyclic amines) is 1. The molecule has 2 fully saturated rings. The van der Waals surface area contributed by atoms with E-state index < -0.39 is 11.7 Å². The molecule has 174 valence electrons. The van der Waals surface area contributed by atoms with Crippen LogP contribution in [-0.4, -0.2) is 69.1 Å². The number of nitrogens with one attached hydrogen (secondary N) is 1. The average molecular weight is 444 g/mol. The Balaban J connectivity index is 1.45. The van der Waals surface area contributed by atoms with Gasteiger partial charge in [0, 0.05) is 26.2 Å². The molecule has 9 heteroatoms. The fourth-order valence-corrected chi connectivity index (χ4v) is 3.81. The number of alkyl halides is 3. The van der Waals surface area contributed by atoms with Crippen LogP contribution in [0.2, 0.25) is 0 Å². The quantitative estimate of drug-likeness (QED) is 0.377. The number of para-hydroxylation sites is 1. The van der Waals surface area contributed by atoms with Crippen LogP contribution in [0, 0.1) is 0 Å². The zero-order valence-electron chi connectivity index (χ0n) is 18.0. The van der Waals surface area contributed by atoms with Crippen molar-refractivity contribution < 1.29 is 27.4 Å². The van der Waals surface area contributed by atoms with E-state index in [4.69, 9.17) is 14.2 Å². The second kappa shape index (κ2) is 11.6. The van der Waals surface area contributed by atoms with Crippen molar-refractivity contribution in [2.24, 2.45) is 4.99 Å². The van der Waals surface area contributed by atoms with Crippen LogP contribution in [0.1, 0.15) is 38.2 Å². The van der Waals surface area contributed by atoms with Gasteiger partial charge in [0.15, 0.2) is 5.96 Å². The number of guanidine groups is 1. The maximum absolute atomic E-state index is 13.1. The summed E-state index contributed by atoms with van der Waals surface area (Å²) >= 11 is 0. The molecule has 2 heterocycles. The van der Waals surface area contributed by atoms with Gasteiger partial charge in [-0.15, -0.1) is 0 Å². The van der Waals surface area contributed by atoms with Gasteiger partial charge in [-0.1, -0.05) is 12.1 Å². The van der Waals surface area contributed by atoms with Crippen molar-refractivity contribution >= 4 is 5.96 Å². The molecule has 1 N–H and O–H groups in total. The van der Waals surface area contributed by atoms with Crippen LogP contribution in [0.25, 0.3) is 0 Å². The second-order valence-corrected chi connectivity index (χ2v) is 7.73. The summed E-state index contributed by atoms with van der Waals surface area (Å²) < 4.78 is 56.2. The summed E-state index contributed by atoms with van der Waals surface area (Å²) in [4.78, 5) is 6.71. The maximum atomic E-state index is 13.1. The van der Waals surface area contributed by atoms with E-state index in [1.807, 2.05) is 6.92 Å². The van der Waals surface area contributed by atoms with Crippen molar-refractivity contribution in [3.63, 3.8) is 0 Å². The fraction of sp³-hybridized carbons (Fsp3) is 0.682. The van der Waals surface area contributed by atoms with Crippen LogP contribution in [0.5, 0.6) is 5.75 Å². The maximum Gasteiger partial charge on any atom is 0.419 e. The van der Waals surface area contributed by atoms with E-state index in [-0.39, 0.29) is 31.1 Å². The van der Waals surface area contributed by atoms with Gasteiger partial charge in [-0.3, -0.25) is 0 Å². The Morgan fingerprint density at radius 3 is 2.68 bits per heavy atom. The zero-order chi connectivity index (χ0) is 22.1. The molecule has 31 heavy (non-hydrogen) atoms. The van der Waals surface area contributed by atoms with Crippen molar-refractivity contribution in [1.29, 1.82) is 0 Å². The molecule has 0 spiro atoms. The van der Waals surface area contributed by atoms with Gasteiger partial charge in [-0.05, 0) is 44.7 Å². The highest BCUT2D eigenvalue weighted by Crippen LogP contribution is 2.35. The van der Waals surface area contributed by atoms with Gasteiger partial charge in [-0.25, -0.2) is 4.99 Å². The summed E-state index contributed by atoms with van der Waals surface area (Å²) in [6.07, 6.45) is 0.0287. The van der Waals surface area contributed by atoms with Gasteiger partial charge in [0.1, 0.15) is 12.4 Å². The Bertz CT molecular complexity index is 701. The predicted molar refractivity (Wildman–Crippen MR) is 112 cm³/mol. The Morgan fingerprint density at radius 1 is 1.23 bits per heavy atom. The SMILES string of the molecule is CCNC(=NCCOc1ccccc1C(F)(F)F)N1CCC(OCC2CCCO2)CC1. The topological polar surface area (TPSA) is 55.3 Å². The predicted octanol–water partition coefficient (Wildman–Crippen LogP) is 3.71. The lowest BCUT2D eigenvalue weighted by atomic mass is 10.1. The molecule has 1 atom stereocenters. The molecular formula is C22H32F3N3O3. The molecule has 2 aliphatic heterocycles. The molecule has 3 rings (SSSR count). The standard InChI is InChI=1S/C22H32F3N3O3/c1-2-26-21(27-11-15-30-20-8-4-3-7-19(20)22(23,24)25)28-12-9-17(10-13-28)31-16-18-6-5-14-29-18/h3-4,7-8,17-18H,2,5-6,9-16H2,1H3,(H,26,27). The molecule has 1 aromatic carbocycles. The third-order valence-corrected chi connectivity index (χ3v) is 5.42. The van der Waals surface area contributed by atoms with E-state index in [0.717, 1.165) is 57.4 Å². The van der Waals surface area contributed by atoms with Crippen molar-refractivity contribution in [3.8, 4) is 5.75 Å². The van der Waals surface area contributed by atoms with Crippen LogP contribution < -0.4 is 10.1 Å². The number of piperidine rings is 1. The average Bonchev–Trinajstić information content (AvgIpc) is 3.28. The molecule has 0 amide bonds. The van der Waals surface area contributed by atoms with E-state index in [1.54, 1.807) is 0 Å². The summed E-state index contributed by atoms with van der Waals surface area (Å²) in [7, 11) is 0. The Kier molecular flexibility index (Phi) is 8.83. The number of rotatable bonds is 8. The molecule has 0 radical (unpaired) electrons. The lowest BCUT2D eigenvalue weighted by Gasteiger charge is -2.34. The number of ether oxygens (including phenoxy) is 3. The summed E-state index contributed by atoms with van der Waals surface area (Å²) in [5.41, 5.74) is -0.768. The lowest BCUT2D eigenvalue weighted by molar-refractivity contribution is -0.138. The Hall–Kier alpha value is -2.00. The monoisotopic (exact) mass is 443 g/mol. The second-order valence-electron chi connectivity index (χ2n) is 7.73. The van der Waals surface area contributed by atoms with Gasteiger partial charge in [0.25, 0.3) is 0 Å². The normalized spacial score (nSPS) is 20.8. The lowest BCUT2D eigenvalue weighted by Crippen LogP contribution is -2.47. The minimum Gasteiger partial charge on any atom is -0.491 e. The number of halogens is 3. The van der Waals surface area contributed by atoms with E-state index >= 15 is 0 Å². The van der Waals surface area contributed by atoms with Crippen LogP contribution in [0.15, 0.2) is 29.3 Å². The first kappa shape index (κ1) is 23.7. The molecule has 2 aliphatic rings. The van der Waals surface area contributed by atoms with Crippen LogP contribution in [0.3, 0.4) is 0 Å². The van der Waals surface area contributed by atoms with Gasteiger partial charge >= 0.3 is 6.18 Å². The molecular weight excluding hydrogens is 411 g/mol. The van der Waals surface area contributed by atoms with E-state index in [0.29, 0.717) is 13.2 Å². The summed E-state index contributed by atoms with van der Waals surface area (Å²) in [5, 5.41) is 3.26. The summed E-state index contributed by atoms with van der Waals surface area (Å²) in [6, 6.07) is 5.24. The number of benzene rings is 1. The summed E-state index contributed by atoms with van der Waals surface area (Å²) in [6.45, 7) is 6.18. The number of aliphatic imine (C=N–C) groups is 1. The van der Waals surface area contributed by atoms with E-state index in [9.17, 15) is 13.2 Å². The van der Waals surface area contributed by atoms with Crippen molar-refractivity contribution in [1.82, 2.24) is 10.2 Å². The minimum atomic E-state index is -4.44. The van der Waals surface area contributed by atoms with Crippen LogP contribution in [-0.2, 0) is 15.7 Å². The third-order valence-electron chi connectivity index (χ3n) is 5.42. The van der Waals surface area contributed by atoms with E-state index in [1.165, 1.54) is 18.2 Å². The minimum absolute atomic E-state index is 0.0724. The molecule has 6 nitrogen and oxygen atoms in total. The Labute approximate surface area is 181 Å². The van der Waals surface area contributed by atoms with Crippen LogP contribution in [0.4, 0.5) is 13.2 Å². The van der Waals surface area contributed by atoms with Crippen LogP contribution >= 0.6 is 0 Å². The highest BCUT2D eigenvalue weighted by molar-refractivity contribution is 5.80. The zero-order valence-corrected chi connectivity index (χ0v) is 18.0. The van der Waals surface area contributed by atoms with Gasteiger partial charge in [0.05, 0.1) is 30.9 Å². The fourth-order valence-electron chi connectivity index (χ4n) is 3.81. The van der Waals surface area contributed by atoms with Gasteiger partial charge in [-0.2, -0.15) is 13.2 Å². The smallest absolute Gasteiger partial charge is 0.419 e. The molecule has 1 aromatic rings. The van der Waals surface area contributed by atoms with Crippen molar-refractivity contribution in [2.45, 2.75) is 51.0 Å². The summed E-state index contributed by atoms with van der Waals surface area (Å²) in [5.74, 6) is 0.590. The first-order chi connectivity index (χ1) is 15.0. The Morgan fingerprint density at radius 2 is 2.00 bits per heavy atom. The van der Waals surface area contributed by atoms with Gasteiger partial charge < -0.3 is 24.4 Å². The molecule has 1 unspecified atom stereocenters. The largest absolute Gasteiger partial charge is 0.491 e. The number of hydrogen-bond donors (Lipinski definition) is 1. The highest BCUT2D eigenvalue weighted by Gasteiger charge is 2.34. The third kappa shape index (κ3) is 7.28. The van der Waals surface area contributed by atoms with Gasteiger partial charge in [0.2, 0.25) is 0 Å². The molecule has 0 aromatic heterocycles. The van der Waals surface area contributed by atoms with E-state index in [2.05, 4.69) is 15.2 Å². The van der Waals surface area contributed by atoms with Crippen molar-refractivity contribution in [2.75, 3.05) is 46.0 Å². The number of hydrogen-bond acceptors (Lipinski definition) is 4. The van der Waals surface area contributed by atoms with Crippen molar-refractivity contribution in [3.05, 3.63) is 29.8 Å². The molecule has 2 saturated heterocycles. The number of nitrogens with zero attached hydrogens (tertiary/aromatic N) is 2.